The van der Waals surface area contributed by atoms with Crippen LogP contribution in [0.3, 0.4) is 0 Å². The molecule has 1 aliphatic heterocycles. The summed E-state index contributed by atoms with van der Waals surface area (Å²) in [6.45, 7) is 3.43. The van der Waals surface area contributed by atoms with Crippen molar-refractivity contribution in [1.29, 1.82) is 0 Å². The highest BCUT2D eigenvalue weighted by Gasteiger charge is 2.18. The van der Waals surface area contributed by atoms with Crippen LogP contribution in [0.1, 0.15) is 30.8 Å². The van der Waals surface area contributed by atoms with Gasteiger partial charge in [-0.2, -0.15) is 0 Å². The molecular weight excluding hydrogens is 236 g/mol. The second kappa shape index (κ2) is 4.50. The van der Waals surface area contributed by atoms with Gasteiger partial charge in [0.2, 0.25) is 0 Å². The summed E-state index contributed by atoms with van der Waals surface area (Å²) >= 11 is 0. The third-order valence-electron chi connectivity index (χ3n) is 3.69. The molecule has 0 atom stereocenters. The lowest BCUT2D eigenvalue weighted by molar-refractivity contribution is -0.113. The minimum absolute atomic E-state index is 0.0953. The van der Waals surface area contributed by atoms with Crippen LogP contribution in [0.2, 0.25) is 0 Å². The number of rotatable bonds is 2. The molecule has 2 heterocycles. The van der Waals surface area contributed by atoms with Gasteiger partial charge in [-0.05, 0) is 50.0 Å². The molecule has 0 unspecified atom stereocenters. The van der Waals surface area contributed by atoms with E-state index >= 15 is 0 Å². The van der Waals surface area contributed by atoms with Crippen LogP contribution in [0.4, 0.5) is 0 Å². The zero-order chi connectivity index (χ0) is 13.4. The van der Waals surface area contributed by atoms with Gasteiger partial charge in [-0.1, -0.05) is 18.2 Å². The normalized spacial score (nSPS) is 13.9. The van der Waals surface area contributed by atoms with Crippen molar-refractivity contribution in [2.24, 2.45) is 0 Å². The first-order chi connectivity index (χ1) is 9.16. The topological polar surface area (TPSA) is 34.9 Å². The molecule has 96 valence electrons. The molecule has 0 amide bonds. The largest absolute Gasteiger partial charge is 0.302 e. The molecule has 1 aromatic carbocycles. The lowest BCUT2D eigenvalue weighted by Crippen LogP contribution is -2.11. The van der Waals surface area contributed by atoms with E-state index in [1.807, 2.05) is 25.4 Å². The Morgan fingerprint density at radius 1 is 1.26 bits per heavy atom. The van der Waals surface area contributed by atoms with Crippen LogP contribution in [-0.2, 0) is 17.6 Å². The summed E-state index contributed by atoms with van der Waals surface area (Å²) in [5, 5.41) is 0. The highest BCUT2D eigenvalue weighted by Crippen LogP contribution is 2.27. The van der Waals surface area contributed by atoms with Crippen molar-refractivity contribution in [3.05, 3.63) is 53.1 Å². The van der Waals surface area contributed by atoms with Crippen molar-refractivity contribution >= 4 is 11.9 Å². The zero-order valence-corrected chi connectivity index (χ0v) is 11.2. The first-order valence-corrected chi connectivity index (χ1v) is 6.50. The van der Waals surface area contributed by atoms with Crippen LogP contribution >= 0.6 is 0 Å². The number of aryl methyl sites for hydroxylation is 1. The van der Waals surface area contributed by atoms with Crippen LogP contribution in [0.25, 0.3) is 11.8 Å². The van der Waals surface area contributed by atoms with Gasteiger partial charge in [-0.3, -0.25) is 4.79 Å². The van der Waals surface area contributed by atoms with E-state index in [9.17, 15) is 4.79 Å². The van der Waals surface area contributed by atoms with Crippen molar-refractivity contribution in [1.82, 2.24) is 9.55 Å². The van der Waals surface area contributed by atoms with E-state index < -0.39 is 0 Å². The van der Waals surface area contributed by atoms with E-state index in [1.165, 1.54) is 16.9 Å². The van der Waals surface area contributed by atoms with Crippen molar-refractivity contribution in [3.63, 3.8) is 0 Å². The first-order valence-electron chi connectivity index (χ1n) is 6.50. The first kappa shape index (κ1) is 11.9. The number of benzene rings is 1. The lowest BCUT2D eigenvalue weighted by atomic mass is 10.00. The van der Waals surface area contributed by atoms with Gasteiger partial charge in [0.15, 0.2) is 5.78 Å². The number of carbonyl (C=O) groups excluding carboxylic acids is 1. The molecule has 2 aromatic rings. The second-order valence-corrected chi connectivity index (χ2v) is 4.96. The Balaban J connectivity index is 2.09. The molecule has 0 spiro atoms. The molecule has 3 heteroatoms. The van der Waals surface area contributed by atoms with Crippen LogP contribution in [0, 0.1) is 0 Å². The predicted octanol–water partition coefficient (Wildman–Crippen LogP) is 2.96. The number of fused-ring (bicyclic) bond motifs is 3. The van der Waals surface area contributed by atoms with E-state index in [0.29, 0.717) is 0 Å². The molecule has 0 radical (unpaired) electrons. The fraction of sp³-hybridized carbons (Fsp3) is 0.250. The highest BCUT2D eigenvalue weighted by molar-refractivity contribution is 5.97. The fourth-order valence-corrected chi connectivity index (χ4v) is 2.48. The molecule has 0 fully saturated rings. The molecule has 0 bridgehead atoms. The monoisotopic (exact) mass is 252 g/mol. The SMILES string of the molecule is CC(=O)C(C)=Cc1ncn2c1CCc1ccccc1-2. The van der Waals surface area contributed by atoms with E-state index in [1.54, 1.807) is 6.92 Å². The van der Waals surface area contributed by atoms with Crippen molar-refractivity contribution in [2.45, 2.75) is 26.7 Å². The van der Waals surface area contributed by atoms with Crippen molar-refractivity contribution in [3.8, 4) is 5.69 Å². The lowest BCUT2D eigenvalue weighted by Gasteiger charge is -2.19. The Kier molecular flexibility index (Phi) is 2.82. The maximum absolute atomic E-state index is 11.3. The van der Waals surface area contributed by atoms with E-state index in [0.717, 1.165) is 24.1 Å². The van der Waals surface area contributed by atoms with Gasteiger partial charge < -0.3 is 4.57 Å². The number of para-hydroxylation sites is 1. The average molecular weight is 252 g/mol. The Morgan fingerprint density at radius 3 is 2.84 bits per heavy atom. The second-order valence-electron chi connectivity index (χ2n) is 4.96. The smallest absolute Gasteiger partial charge is 0.155 e. The number of nitrogens with zero attached hydrogens (tertiary/aromatic N) is 2. The standard InChI is InChI=1S/C16H16N2O/c1-11(12(2)19)9-14-16-8-7-13-5-3-4-6-15(13)18(16)10-17-14/h3-6,9-10H,7-8H2,1-2H3. The molecule has 3 nitrogen and oxygen atoms in total. The summed E-state index contributed by atoms with van der Waals surface area (Å²) < 4.78 is 2.14. The molecule has 0 saturated heterocycles. The molecule has 3 rings (SSSR count). The number of imidazole rings is 1. The van der Waals surface area contributed by atoms with Crippen molar-refractivity contribution < 1.29 is 4.79 Å². The summed E-state index contributed by atoms with van der Waals surface area (Å²) in [4.78, 5) is 15.8. The van der Waals surface area contributed by atoms with Crippen molar-refractivity contribution in [2.75, 3.05) is 0 Å². The molecule has 1 aliphatic rings. The summed E-state index contributed by atoms with van der Waals surface area (Å²) in [6, 6.07) is 8.39. The summed E-state index contributed by atoms with van der Waals surface area (Å²) in [5.41, 5.74) is 5.42. The van der Waals surface area contributed by atoms with Gasteiger partial charge in [-0.15, -0.1) is 0 Å². The Morgan fingerprint density at radius 2 is 2.05 bits per heavy atom. The Hall–Kier alpha value is -2.16. The minimum Gasteiger partial charge on any atom is -0.302 e. The number of hydrogen-bond acceptors (Lipinski definition) is 2. The number of Topliss-reactive ketones (excluding diaryl/α,β-unsaturated/α-hetero) is 1. The van der Waals surface area contributed by atoms with Gasteiger partial charge in [-0.25, -0.2) is 4.98 Å². The number of hydrogen-bond donors (Lipinski definition) is 0. The zero-order valence-electron chi connectivity index (χ0n) is 11.2. The summed E-state index contributed by atoms with van der Waals surface area (Å²) in [6.07, 6.45) is 5.74. The molecular formula is C16H16N2O. The highest BCUT2D eigenvalue weighted by atomic mass is 16.1. The van der Waals surface area contributed by atoms with Crippen LogP contribution < -0.4 is 0 Å². The molecule has 0 aliphatic carbocycles. The third-order valence-corrected chi connectivity index (χ3v) is 3.69. The van der Waals surface area contributed by atoms with Gasteiger partial charge in [0.05, 0.1) is 11.4 Å². The van der Waals surface area contributed by atoms with Gasteiger partial charge in [0.1, 0.15) is 6.33 Å². The van der Waals surface area contributed by atoms with E-state index in [-0.39, 0.29) is 5.78 Å². The summed E-state index contributed by atoms with van der Waals surface area (Å²) in [5.74, 6) is 0.0953. The fourth-order valence-electron chi connectivity index (χ4n) is 2.48. The number of allylic oxidation sites excluding steroid dienone is 1. The quantitative estimate of drug-likeness (QED) is 0.770. The third kappa shape index (κ3) is 2.01. The van der Waals surface area contributed by atoms with Crippen LogP contribution in [0.15, 0.2) is 36.2 Å². The van der Waals surface area contributed by atoms with Gasteiger partial charge >= 0.3 is 0 Å². The van der Waals surface area contributed by atoms with E-state index in [4.69, 9.17) is 0 Å². The summed E-state index contributed by atoms with van der Waals surface area (Å²) in [7, 11) is 0. The maximum Gasteiger partial charge on any atom is 0.155 e. The average Bonchev–Trinajstić information content (AvgIpc) is 2.82. The predicted molar refractivity (Wildman–Crippen MR) is 75.3 cm³/mol. The minimum atomic E-state index is 0.0953. The van der Waals surface area contributed by atoms with Crippen LogP contribution in [-0.4, -0.2) is 15.3 Å². The Labute approximate surface area is 112 Å². The van der Waals surface area contributed by atoms with Gasteiger partial charge in [0.25, 0.3) is 0 Å². The number of carbonyl (C=O) groups is 1. The molecule has 19 heavy (non-hydrogen) atoms. The van der Waals surface area contributed by atoms with E-state index in [2.05, 4.69) is 27.8 Å². The number of aromatic nitrogens is 2. The molecule has 1 aromatic heterocycles. The molecule has 0 N–H and O–H groups in total. The number of ketones is 1. The Bertz CT molecular complexity index is 680. The van der Waals surface area contributed by atoms with Gasteiger partial charge in [0, 0.05) is 5.69 Å². The maximum atomic E-state index is 11.3. The molecule has 0 saturated carbocycles. The van der Waals surface area contributed by atoms with Crippen LogP contribution in [0.5, 0.6) is 0 Å².